The van der Waals surface area contributed by atoms with Gasteiger partial charge in [-0.25, -0.2) is 0 Å². The summed E-state index contributed by atoms with van der Waals surface area (Å²) in [7, 11) is 0. The summed E-state index contributed by atoms with van der Waals surface area (Å²) in [5, 5.41) is -0.379. The van der Waals surface area contributed by atoms with Crippen molar-refractivity contribution in [1.29, 1.82) is 0 Å². The Hall–Kier alpha value is -0.820. The highest BCUT2D eigenvalue weighted by atomic mass is 35.5. The zero-order valence-corrected chi connectivity index (χ0v) is 12.3. The molecule has 1 aromatic rings. The van der Waals surface area contributed by atoms with E-state index in [9.17, 15) is 4.79 Å². The van der Waals surface area contributed by atoms with Gasteiger partial charge in [-0.1, -0.05) is 53.7 Å². The third-order valence-electron chi connectivity index (χ3n) is 2.91. The molecule has 1 nitrogen and oxygen atoms in total. The highest BCUT2D eigenvalue weighted by molar-refractivity contribution is 6.67. The Morgan fingerprint density at radius 2 is 1.53 bits per heavy atom. The Balaban J connectivity index is 3.46. The molecule has 1 aromatic carbocycles. The average molecular weight is 253 g/mol. The van der Waals surface area contributed by atoms with Crippen LogP contribution in [0, 0.1) is 0 Å². The maximum Gasteiger partial charge on any atom is 0.252 e. The number of hydrogen-bond acceptors (Lipinski definition) is 1. The van der Waals surface area contributed by atoms with E-state index in [-0.39, 0.29) is 16.1 Å². The Morgan fingerprint density at radius 1 is 1.00 bits per heavy atom. The van der Waals surface area contributed by atoms with Crippen LogP contribution in [0.4, 0.5) is 0 Å². The van der Waals surface area contributed by atoms with E-state index in [1.54, 1.807) is 0 Å². The molecule has 2 heteroatoms. The number of benzene rings is 1. The summed E-state index contributed by atoms with van der Waals surface area (Å²) in [4.78, 5) is 11.4. The Kier molecular flexibility index (Phi) is 3.73. The Labute approximate surface area is 109 Å². The average Bonchev–Trinajstić information content (AvgIpc) is 2.14. The van der Waals surface area contributed by atoms with Crippen LogP contribution in [0.2, 0.25) is 0 Å². The molecule has 0 spiro atoms. The van der Waals surface area contributed by atoms with Gasteiger partial charge in [0.05, 0.1) is 0 Å². The van der Waals surface area contributed by atoms with Crippen LogP contribution in [0.1, 0.15) is 63.0 Å². The molecule has 0 saturated carbocycles. The number of carbonyl (C=O) groups is 1. The van der Waals surface area contributed by atoms with Gasteiger partial charge in [0.1, 0.15) is 0 Å². The minimum Gasteiger partial charge on any atom is -0.276 e. The molecule has 1 rings (SSSR count). The fraction of sp³-hybridized carbons (Fsp3) is 0.533. The lowest BCUT2D eigenvalue weighted by Gasteiger charge is -2.26. The largest absolute Gasteiger partial charge is 0.276 e. The van der Waals surface area contributed by atoms with Gasteiger partial charge in [-0.05, 0) is 39.6 Å². The van der Waals surface area contributed by atoms with Crippen LogP contribution in [0.25, 0.3) is 0 Å². The molecule has 17 heavy (non-hydrogen) atoms. The fourth-order valence-corrected chi connectivity index (χ4v) is 1.97. The SMILES string of the molecule is CC(C)(C)c1ccc(C(=O)Cl)c(C(C)(C)C)c1. The van der Waals surface area contributed by atoms with Gasteiger partial charge in [-0.3, -0.25) is 4.79 Å². The molecular weight excluding hydrogens is 232 g/mol. The smallest absolute Gasteiger partial charge is 0.252 e. The van der Waals surface area contributed by atoms with Crippen molar-refractivity contribution in [2.24, 2.45) is 0 Å². The molecule has 0 fully saturated rings. The van der Waals surface area contributed by atoms with Gasteiger partial charge in [0, 0.05) is 5.56 Å². The molecule has 0 N–H and O–H groups in total. The summed E-state index contributed by atoms with van der Waals surface area (Å²) in [6, 6.07) is 5.94. The molecule has 0 radical (unpaired) electrons. The quantitative estimate of drug-likeness (QED) is 0.665. The van der Waals surface area contributed by atoms with E-state index in [4.69, 9.17) is 11.6 Å². The van der Waals surface area contributed by atoms with E-state index in [1.165, 1.54) is 5.56 Å². The van der Waals surface area contributed by atoms with Gasteiger partial charge >= 0.3 is 0 Å². The summed E-state index contributed by atoms with van der Waals surface area (Å²) in [5.74, 6) is 0. The topological polar surface area (TPSA) is 17.1 Å². The minimum atomic E-state index is -0.379. The van der Waals surface area contributed by atoms with Gasteiger partial charge in [0.2, 0.25) is 0 Å². The van der Waals surface area contributed by atoms with Gasteiger partial charge < -0.3 is 0 Å². The highest BCUT2D eigenvalue weighted by Gasteiger charge is 2.24. The number of carbonyl (C=O) groups excluding carboxylic acids is 1. The molecule has 0 aliphatic rings. The van der Waals surface area contributed by atoms with Crippen LogP contribution in [0.15, 0.2) is 18.2 Å². The lowest BCUT2D eigenvalue weighted by molar-refractivity contribution is 0.107. The molecular formula is C15H21ClO. The van der Waals surface area contributed by atoms with Crippen molar-refractivity contribution >= 4 is 16.8 Å². The van der Waals surface area contributed by atoms with Crippen molar-refractivity contribution in [3.8, 4) is 0 Å². The second-order valence-electron chi connectivity index (χ2n) is 6.53. The van der Waals surface area contributed by atoms with Crippen LogP contribution in [0.5, 0.6) is 0 Å². The summed E-state index contributed by atoms with van der Waals surface area (Å²) in [6.07, 6.45) is 0. The molecule has 0 saturated heterocycles. The van der Waals surface area contributed by atoms with E-state index in [2.05, 4.69) is 47.6 Å². The van der Waals surface area contributed by atoms with E-state index < -0.39 is 0 Å². The predicted molar refractivity (Wildman–Crippen MR) is 74.0 cm³/mol. The molecule has 0 atom stereocenters. The number of hydrogen-bond donors (Lipinski definition) is 0. The summed E-state index contributed by atoms with van der Waals surface area (Å²) in [5.41, 5.74) is 2.86. The number of rotatable bonds is 1. The van der Waals surface area contributed by atoms with Gasteiger partial charge in [0.15, 0.2) is 0 Å². The van der Waals surface area contributed by atoms with Crippen LogP contribution < -0.4 is 0 Å². The van der Waals surface area contributed by atoms with E-state index >= 15 is 0 Å². The first-order valence-electron chi connectivity index (χ1n) is 5.88. The van der Waals surface area contributed by atoms with Crippen LogP contribution >= 0.6 is 11.6 Å². The van der Waals surface area contributed by atoms with Crippen LogP contribution in [0.3, 0.4) is 0 Å². The summed E-state index contributed by atoms with van der Waals surface area (Å²) >= 11 is 5.64. The van der Waals surface area contributed by atoms with Crippen LogP contribution in [-0.4, -0.2) is 5.24 Å². The summed E-state index contributed by atoms with van der Waals surface area (Å²) < 4.78 is 0. The van der Waals surface area contributed by atoms with Crippen molar-refractivity contribution in [2.75, 3.05) is 0 Å². The third kappa shape index (κ3) is 3.32. The maximum absolute atomic E-state index is 11.4. The fourth-order valence-electron chi connectivity index (χ4n) is 1.80. The molecule has 0 aromatic heterocycles. The lowest BCUT2D eigenvalue weighted by Crippen LogP contribution is -2.19. The maximum atomic E-state index is 11.4. The molecule has 0 aliphatic heterocycles. The van der Waals surface area contributed by atoms with Crippen LogP contribution in [-0.2, 0) is 10.8 Å². The van der Waals surface area contributed by atoms with Gasteiger partial charge in [-0.2, -0.15) is 0 Å². The third-order valence-corrected chi connectivity index (χ3v) is 3.11. The van der Waals surface area contributed by atoms with E-state index in [0.29, 0.717) is 5.56 Å². The van der Waals surface area contributed by atoms with Gasteiger partial charge in [-0.15, -0.1) is 0 Å². The lowest BCUT2D eigenvalue weighted by atomic mass is 9.79. The molecule has 0 bridgehead atoms. The zero-order chi connectivity index (χ0) is 13.4. The predicted octanol–water partition coefficient (Wildman–Crippen LogP) is 4.66. The van der Waals surface area contributed by atoms with Crippen molar-refractivity contribution in [2.45, 2.75) is 52.4 Å². The van der Waals surface area contributed by atoms with E-state index in [0.717, 1.165) is 5.56 Å². The first kappa shape index (κ1) is 14.2. The highest BCUT2D eigenvalue weighted by Crippen LogP contribution is 2.32. The second-order valence-corrected chi connectivity index (χ2v) is 6.88. The standard InChI is InChI=1S/C15H21ClO/c1-14(2,3)10-7-8-11(13(16)17)12(9-10)15(4,5)6/h7-9H,1-6H3. The molecule has 0 amide bonds. The molecule has 0 heterocycles. The summed E-state index contributed by atoms with van der Waals surface area (Å²) in [6.45, 7) is 12.8. The van der Waals surface area contributed by atoms with Crippen molar-refractivity contribution in [3.63, 3.8) is 0 Å². The monoisotopic (exact) mass is 252 g/mol. The first-order valence-corrected chi connectivity index (χ1v) is 6.26. The number of halogens is 1. The second kappa shape index (κ2) is 4.45. The Morgan fingerprint density at radius 3 is 1.88 bits per heavy atom. The van der Waals surface area contributed by atoms with E-state index in [1.807, 2.05) is 12.1 Å². The molecule has 0 unspecified atom stereocenters. The Bertz CT molecular complexity index is 433. The first-order chi connectivity index (χ1) is 7.53. The molecule has 94 valence electrons. The van der Waals surface area contributed by atoms with Crippen molar-refractivity contribution < 1.29 is 4.79 Å². The molecule has 0 aliphatic carbocycles. The van der Waals surface area contributed by atoms with Gasteiger partial charge in [0.25, 0.3) is 5.24 Å². The normalized spacial score (nSPS) is 12.6. The van der Waals surface area contributed by atoms with Crippen molar-refractivity contribution in [3.05, 3.63) is 34.9 Å². The zero-order valence-electron chi connectivity index (χ0n) is 11.5. The van der Waals surface area contributed by atoms with Crippen molar-refractivity contribution in [1.82, 2.24) is 0 Å². The minimum absolute atomic E-state index is 0.0773.